The number of nitrogens with one attached hydrogen (secondary N) is 1. The van der Waals surface area contributed by atoms with Crippen LogP contribution in [0.4, 0.5) is 0 Å². The Kier molecular flexibility index (Phi) is 5.25. The van der Waals surface area contributed by atoms with Crippen LogP contribution in [-0.2, 0) is 13.5 Å². The minimum absolute atomic E-state index is 0.485. The van der Waals surface area contributed by atoms with Crippen LogP contribution < -0.4 is 5.32 Å². The zero-order valence-corrected chi connectivity index (χ0v) is 13.8. The fourth-order valence-corrected chi connectivity index (χ4v) is 3.73. The van der Waals surface area contributed by atoms with Crippen LogP contribution in [-0.4, -0.2) is 16.3 Å². The van der Waals surface area contributed by atoms with Gasteiger partial charge in [-0.1, -0.05) is 34.1 Å². The number of aryl methyl sites for hydroxylation is 2. The van der Waals surface area contributed by atoms with E-state index >= 15 is 0 Å². The largest absolute Gasteiger partial charge is 0.310 e. The molecule has 1 aromatic heterocycles. The van der Waals surface area contributed by atoms with Gasteiger partial charge in [0, 0.05) is 24.8 Å². The zero-order valence-electron chi connectivity index (χ0n) is 13.8. The van der Waals surface area contributed by atoms with Crippen molar-refractivity contribution in [3.05, 3.63) is 17.5 Å². The number of rotatable bonds is 5. The Morgan fingerprint density at radius 1 is 1.30 bits per heavy atom. The van der Waals surface area contributed by atoms with Crippen LogP contribution in [0.2, 0.25) is 0 Å². The molecule has 0 aliphatic heterocycles. The van der Waals surface area contributed by atoms with Crippen LogP contribution in [0.25, 0.3) is 0 Å². The van der Waals surface area contributed by atoms with E-state index in [4.69, 9.17) is 0 Å². The molecule has 1 N–H and O–H groups in total. The quantitative estimate of drug-likeness (QED) is 0.889. The lowest BCUT2D eigenvalue weighted by Crippen LogP contribution is -2.33. The molecule has 0 radical (unpaired) electrons. The molecule has 1 saturated carbocycles. The molecule has 2 rings (SSSR count). The molecule has 20 heavy (non-hydrogen) atoms. The topological polar surface area (TPSA) is 29.9 Å². The maximum absolute atomic E-state index is 4.64. The Balaban J connectivity index is 2.22. The summed E-state index contributed by atoms with van der Waals surface area (Å²) in [6.45, 7) is 10.3. The highest BCUT2D eigenvalue weighted by molar-refractivity contribution is 5.22. The molecule has 0 amide bonds. The standard InChI is InChI=1S/C17H31N3/c1-6-16-15(11-20(5)19-16)17(18-7-2)14-9-8-12(3)13(4)10-14/h11-14,17-18H,6-10H2,1-5H3. The normalized spacial score (nSPS) is 28.6. The van der Waals surface area contributed by atoms with Crippen molar-refractivity contribution in [2.45, 2.75) is 59.4 Å². The van der Waals surface area contributed by atoms with Gasteiger partial charge in [0.25, 0.3) is 0 Å². The third-order valence-electron chi connectivity index (χ3n) is 5.14. The molecule has 114 valence electrons. The molecule has 1 aliphatic carbocycles. The Labute approximate surface area is 124 Å². The first-order valence-corrected chi connectivity index (χ1v) is 8.32. The molecule has 0 bridgehead atoms. The molecule has 4 unspecified atom stereocenters. The van der Waals surface area contributed by atoms with Crippen LogP contribution in [0.1, 0.15) is 64.3 Å². The predicted octanol–water partition coefficient (Wildman–Crippen LogP) is 3.71. The van der Waals surface area contributed by atoms with Gasteiger partial charge in [-0.2, -0.15) is 5.10 Å². The van der Waals surface area contributed by atoms with Crippen LogP contribution in [0, 0.1) is 17.8 Å². The zero-order chi connectivity index (χ0) is 14.7. The Bertz CT molecular complexity index is 424. The van der Waals surface area contributed by atoms with E-state index in [2.05, 4.69) is 44.3 Å². The third-order valence-corrected chi connectivity index (χ3v) is 5.14. The number of nitrogens with zero attached hydrogens (tertiary/aromatic N) is 2. The lowest BCUT2D eigenvalue weighted by atomic mass is 9.72. The van der Waals surface area contributed by atoms with Crippen molar-refractivity contribution in [3.63, 3.8) is 0 Å². The average molecular weight is 277 g/mol. The number of hydrogen-bond acceptors (Lipinski definition) is 2. The van der Waals surface area contributed by atoms with Crippen LogP contribution in [0.3, 0.4) is 0 Å². The summed E-state index contributed by atoms with van der Waals surface area (Å²) < 4.78 is 1.98. The van der Waals surface area contributed by atoms with E-state index in [9.17, 15) is 0 Å². The van der Waals surface area contributed by atoms with Crippen LogP contribution >= 0.6 is 0 Å². The highest BCUT2D eigenvalue weighted by atomic mass is 15.3. The molecule has 0 aromatic carbocycles. The van der Waals surface area contributed by atoms with Crippen LogP contribution in [0.5, 0.6) is 0 Å². The smallest absolute Gasteiger partial charge is 0.0669 e. The van der Waals surface area contributed by atoms with Crippen molar-refractivity contribution in [3.8, 4) is 0 Å². The molecule has 1 heterocycles. The van der Waals surface area contributed by atoms with Gasteiger partial charge < -0.3 is 5.32 Å². The molecule has 0 saturated heterocycles. The van der Waals surface area contributed by atoms with Gasteiger partial charge in [0.1, 0.15) is 0 Å². The van der Waals surface area contributed by atoms with E-state index in [0.29, 0.717) is 6.04 Å². The van der Waals surface area contributed by atoms with Gasteiger partial charge in [0.15, 0.2) is 0 Å². The maximum atomic E-state index is 4.64. The summed E-state index contributed by atoms with van der Waals surface area (Å²) in [7, 11) is 2.04. The van der Waals surface area contributed by atoms with Gasteiger partial charge in [0.05, 0.1) is 5.69 Å². The predicted molar refractivity (Wildman–Crippen MR) is 84.7 cm³/mol. The second-order valence-corrected chi connectivity index (χ2v) is 6.62. The van der Waals surface area contributed by atoms with E-state index in [1.54, 1.807) is 0 Å². The summed E-state index contributed by atoms with van der Waals surface area (Å²) in [4.78, 5) is 0. The summed E-state index contributed by atoms with van der Waals surface area (Å²) in [6.07, 6.45) is 7.32. The molecule has 0 spiro atoms. The van der Waals surface area contributed by atoms with Crippen molar-refractivity contribution in [1.29, 1.82) is 0 Å². The van der Waals surface area contributed by atoms with E-state index in [1.165, 1.54) is 30.5 Å². The minimum atomic E-state index is 0.485. The number of aromatic nitrogens is 2. The molecule has 3 nitrogen and oxygen atoms in total. The van der Waals surface area contributed by atoms with Crippen molar-refractivity contribution in [2.24, 2.45) is 24.8 Å². The fourth-order valence-electron chi connectivity index (χ4n) is 3.73. The van der Waals surface area contributed by atoms with Gasteiger partial charge in [0.2, 0.25) is 0 Å². The fraction of sp³-hybridized carbons (Fsp3) is 0.824. The highest BCUT2D eigenvalue weighted by Gasteiger charge is 2.32. The number of hydrogen-bond donors (Lipinski definition) is 1. The van der Waals surface area contributed by atoms with Gasteiger partial charge >= 0.3 is 0 Å². The second kappa shape index (κ2) is 6.75. The van der Waals surface area contributed by atoms with E-state index < -0.39 is 0 Å². The summed E-state index contributed by atoms with van der Waals surface area (Å²) in [5.41, 5.74) is 2.70. The van der Waals surface area contributed by atoms with Gasteiger partial charge in [-0.3, -0.25) is 4.68 Å². The average Bonchev–Trinajstić information content (AvgIpc) is 2.80. The molecular formula is C17H31N3. The van der Waals surface area contributed by atoms with E-state index in [-0.39, 0.29) is 0 Å². The molecule has 1 fully saturated rings. The lowest BCUT2D eigenvalue weighted by molar-refractivity contribution is 0.171. The second-order valence-electron chi connectivity index (χ2n) is 6.62. The Hall–Kier alpha value is -0.830. The molecule has 3 heteroatoms. The van der Waals surface area contributed by atoms with Crippen molar-refractivity contribution in [1.82, 2.24) is 15.1 Å². The monoisotopic (exact) mass is 277 g/mol. The minimum Gasteiger partial charge on any atom is -0.310 e. The molecule has 1 aliphatic rings. The summed E-state index contributed by atoms with van der Waals surface area (Å²) in [5, 5.41) is 8.38. The van der Waals surface area contributed by atoms with Crippen molar-refractivity contribution < 1.29 is 0 Å². The Morgan fingerprint density at radius 3 is 2.65 bits per heavy atom. The van der Waals surface area contributed by atoms with Gasteiger partial charge in [-0.15, -0.1) is 0 Å². The Morgan fingerprint density at radius 2 is 2.05 bits per heavy atom. The van der Waals surface area contributed by atoms with E-state index in [1.807, 2.05) is 11.7 Å². The lowest BCUT2D eigenvalue weighted by Gasteiger charge is -2.37. The summed E-state index contributed by atoms with van der Waals surface area (Å²) >= 11 is 0. The first kappa shape index (κ1) is 15.6. The van der Waals surface area contributed by atoms with Crippen LogP contribution in [0.15, 0.2) is 6.20 Å². The van der Waals surface area contributed by atoms with Crippen molar-refractivity contribution >= 4 is 0 Å². The molecule has 4 atom stereocenters. The summed E-state index contributed by atoms with van der Waals surface area (Å²) in [5.74, 6) is 2.49. The maximum Gasteiger partial charge on any atom is 0.0669 e. The summed E-state index contributed by atoms with van der Waals surface area (Å²) in [6, 6.07) is 0.485. The van der Waals surface area contributed by atoms with Gasteiger partial charge in [-0.25, -0.2) is 0 Å². The van der Waals surface area contributed by atoms with Crippen molar-refractivity contribution in [2.75, 3.05) is 6.54 Å². The SMILES string of the molecule is CCNC(c1cn(C)nc1CC)C1CCC(C)C(C)C1. The molecule has 1 aromatic rings. The first-order valence-electron chi connectivity index (χ1n) is 8.32. The third kappa shape index (κ3) is 3.25. The highest BCUT2D eigenvalue weighted by Crippen LogP contribution is 2.40. The van der Waals surface area contributed by atoms with Gasteiger partial charge in [-0.05, 0) is 43.6 Å². The van der Waals surface area contributed by atoms with E-state index in [0.717, 1.165) is 30.7 Å². The molecular weight excluding hydrogens is 246 g/mol. The first-order chi connectivity index (χ1) is 9.56.